The zero-order chi connectivity index (χ0) is 13.3. The van der Waals surface area contributed by atoms with Gasteiger partial charge in [-0.3, -0.25) is 10.5 Å². The number of hydrogen-bond donors (Lipinski definition) is 2. The molecule has 18 heavy (non-hydrogen) atoms. The van der Waals surface area contributed by atoms with Crippen LogP contribution in [0.2, 0.25) is 5.02 Å². The van der Waals surface area contributed by atoms with Crippen LogP contribution in [0.3, 0.4) is 0 Å². The summed E-state index contributed by atoms with van der Waals surface area (Å²) in [4.78, 5) is 0. The number of aryl methyl sites for hydroxylation is 1. The second-order valence-corrected chi connectivity index (χ2v) is 5.01. The lowest BCUT2D eigenvalue weighted by Gasteiger charge is -2.15. The first-order valence-electron chi connectivity index (χ1n) is 5.13. The number of halogens is 3. The predicted octanol–water partition coefficient (Wildman–Crippen LogP) is 2.53. The van der Waals surface area contributed by atoms with Gasteiger partial charge in [0, 0.05) is 23.3 Å². The number of rotatable bonds is 3. The minimum atomic E-state index is -0.545. The van der Waals surface area contributed by atoms with Gasteiger partial charge in [-0.1, -0.05) is 17.7 Å². The molecule has 0 aliphatic rings. The van der Waals surface area contributed by atoms with Crippen LogP contribution < -0.4 is 11.3 Å². The number of nitrogens with two attached hydrogens (primary N) is 1. The van der Waals surface area contributed by atoms with Crippen LogP contribution in [0.15, 0.2) is 28.9 Å². The highest BCUT2D eigenvalue weighted by Gasteiger charge is 2.21. The summed E-state index contributed by atoms with van der Waals surface area (Å²) in [6, 6.07) is 4.51. The highest BCUT2D eigenvalue weighted by molar-refractivity contribution is 9.10. The van der Waals surface area contributed by atoms with Gasteiger partial charge >= 0.3 is 0 Å². The number of nitrogens with zero attached hydrogens (tertiary/aromatic N) is 2. The van der Waals surface area contributed by atoms with E-state index >= 15 is 0 Å². The Morgan fingerprint density at radius 2 is 2.22 bits per heavy atom. The Hall–Kier alpha value is -0.950. The molecule has 2 aromatic rings. The van der Waals surface area contributed by atoms with Crippen molar-refractivity contribution < 1.29 is 4.39 Å². The summed E-state index contributed by atoms with van der Waals surface area (Å²) in [5.74, 6) is 4.97. The molecule has 1 atom stereocenters. The van der Waals surface area contributed by atoms with E-state index in [2.05, 4.69) is 26.5 Å². The van der Waals surface area contributed by atoms with Gasteiger partial charge in [0.15, 0.2) is 0 Å². The van der Waals surface area contributed by atoms with Crippen molar-refractivity contribution in [3.63, 3.8) is 0 Å². The maximum absolute atomic E-state index is 14.1. The van der Waals surface area contributed by atoms with Crippen molar-refractivity contribution in [2.24, 2.45) is 12.9 Å². The molecule has 4 nitrogen and oxygen atoms in total. The van der Waals surface area contributed by atoms with Gasteiger partial charge in [-0.2, -0.15) is 5.10 Å². The third-order valence-electron chi connectivity index (χ3n) is 2.57. The zero-order valence-corrected chi connectivity index (χ0v) is 11.8. The molecule has 1 unspecified atom stereocenters. The van der Waals surface area contributed by atoms with Gasteiger partial charge in [-0.05, 0) is 28.1 Å². The van der Waals surface area contributed by atoms with E-state index in [1.807, 2.05) is 0 Å². The lowest BCUT2D eigenvalue weighted by molar-refractivity contribution is 0.547. The Morgan fingerprint density at radius 1 is 1.50 bits per heavy atom. The molecule has 0 spiro atoms. The van der Waals surface area contributed by atoms with E-state index in [-0.39, 0.29) is 5.02 Å². The largest absolute Gasteiger partial charge is 0.275 e. The minimum absolute atomic E-state index is 0.0312. The number of benzene rings is 1. The summed E-state index contributed by atoms with van der Waals surface area (Å²) < 4.78 is 16.2. The molecule has 7 heteroatoms. The summed E-state index contributed by atoms with van der Waals surface area (Å²) in [6.07, 6.45) is 1.76. The highest BCUT2D eigenvalue weighted by atomic mass is 79.9. The molecule has 2 rings (SSSR count). The van der Waals surface area contributed by atoms with Gasteiger partial charge in [0.1, 0.15) is 5.82 Å². The van der Waals surface area contributed by atoms with Crippen molar-refractivity contribution in [3.8, 4) is 0 Å². The van der Waals surface area contributed by atoms with Crippen LogP contribution in [0.25, 0.3) is 0 Å². The summed E-state index contributed by atoms with van der Waals surface area (Å²) in [6.45, 7) is 0. The highest BCUT2D eigenvalue weighted by Crippen LogP contribution is 2.32. The van der Waals surface area contributed by atoms with Gasteiger partial charge in [-0.15, -0.1) is 0 Å². The van der Waals surface area contributed by atoms with E-state index < -0.39 is 11.9 Å². The van der Waals surface area contributed by atoms with Crippen LogP contribution in [0, 0.1) is 5.82 Å². The molecule has 96 valence electrons. The van der Waals surface area contributed by atoms with Crippen molar-refractivity contribution in [3.05, 3.63) is 51.0 Å². The van der Waals surface area contributed by atoms with E-state index in [4.69, 9.17) is 17.4 Å². The smallest absolute Gasteiger partial charge is 0.148 e. The number of aromatic nitrogens is 2. The van der Waals surface area contributed by atoms with Crippen molar-refractivity contribution in [1.82, 2.24) is 15.2 Å². The molecule has 0 aliphatic carbocycles. The second kappa shape index (κ2) is 5.36. The fourth-order valence-corrected chi connectivity index (χ4v) is 2.16. The maximum atomic E-state index is 14.1. The fourth-order valence-electron chi connectivity index (χ4n) is 1.69. The third kappa shape index (κ3) is 2.42. The van der Waals surface area contributed by atoms with Crippen LogP contribution in [-0.4, -0.2) is 9.78 Å². The fraction of sp³-hybridized carbons (Fsp3) is 0.182. The molecular formula is C11H11BrClFN4. The molecule has 0 bridgehead atoms. The van der Waals surface area contributed by atoms with E-state index in [1.54, 1.807) is 36.1 Å². The predicted molar refractivity (Wildman–Crippen MR) is 71.5 cm³/mol. The van der Waals surface area contributed by atoms with Crippen LogP contribution in [0.4, 0.5) is 4.39 Å². The Balaban J connectivity index is 2.49. The van der Waals surface area contributed by atoms with Gasteiger partial charge < -0.3 is 0 Å². The topological polar surface area (TPSA) is 55.9 Å². The van der Waals surface area contributed by atoms with Crippen molar-refractivity contribution in [1.29, 1.82) is 0 Å². The van der Waals surface area contributed by atoms with Crippen molar-refractivity contribution in [2.75, 3.05) is 0 Å². The van der Waals surface area contributed by atoms with Gasteiger partial charge in [-0.25, -0.2) is 9.82 Å². The first-order chi connectivity index (χ1) is 8.54. The molecular weight excluding hydrogens is 323 g/mol. The normalized spacial score (nSPS) is 12.7. The standard InChI is InChI=1S/C11H11BrClFN4/c1-18-5-4-8(17-18)11(16-15)6-2-3-7(12)9(13)10(6)14/h2-5,11,16H,15H2,1H3. The quantitative estimate of drug-likeness (QED) is 0.515. The summed E-state index contributed by atoms with van der Waals surface area (Å²) >= 11 is 9.03. The van der Waals surface area contributed by atoms with Gasteiger partial charge in [0.25, 0.3) is 0 Å². The van der Waals surface area contributed by atoms with Gasteiger partial charge in [0.2, 0.25) is 0 Å². The number of nitrogens with one attached hydrogen (secondary N) is 1. The molecule has 0 saturated heterocycles. The minimum Gasteiger partial charge on any atom is -0.275 e. The second-order valence-electron chi connectivity index (χ2n) is 3.78. The zero-order valence-electron chi connectivity index (χ0n) is 9.49. The average molecular weight is 334 g/mol. The summed E-state index contributed by atoms with van der Waals surface area (Å²) in [5, 5.41) is 4.24. The number of hydrogen-bond acceptors (Lipinski definition) is 3. The summed E-state index contributed by atoms with van der Waals surface area (Å²) in [7, 11) is 1.78. The van der Waals surface area contributed by atoms with E-state index in [9.17, 15) is 4.39 Å². The molecule has 0 radical (unpaired) electrons. The molecule has 0 amide bonds. The first-order valence-corrected chi connectivity index (χ1v) is 6.30. The monoisotopic (exact) mass is 332 g/mol. The Labute approximate surface area is 117 Å². The van der Waals surface area contributed by atoms with Crippen LogP contribution >= 0.6 is 27.5 Å². The molecule has 0 fully saturated rings. The van der Waals surface area contributed by atoms with Crippen LogP contribution in [0.5, 0.6) is 0 Å². The third-order valence-corrected chi connectivity index (χ3v) is 3.83. The Morgan fingerprint density at radius 3 is 2.78 bits per heavy atom. The molecule has 1 aromatic heterocycles. The van der Waals surface area contributed by atoms with Gasteiger partial charge in [0.05, 0.1) is 16.8 Å². The average Bonchev–Trinajstić information content (AvgIpc) is 2.77. The van der Waals surface area contributed by atoms with Crippen LogP contribution in [0.1, 0.15) is 17.3 Å². The van der Waals surface area contributed by atoms with E-state index in [1.165, 1.54) is 0 Å². The maximum Gasteiger partial charge on any atom is 0.148 e. The van der Waals surface area contributed by atoms with Crippen molar-refractivity contribution >= 4 is 27.5 Å². The molecule has 1 aromatic carbocycles. The molecule has 0 saturated carbocycles. The Kier molecular flexibility index (Phi) is 4.01. The lowest BCUT2D eigenvalue weighted by Crippen LogP contribution is -2.30. The molecule has 0 aliphatic heterocycles. The van der Waals surface area contributed by atoms with E-state index in [0.29, 0.717) is 15.7 Å². The SMILES string of the molecule is Cn1ccc(C(NN)c2ccc(Br)c(Cl)c2F)n1. The molecule has 3 N–H and O–H groups in total. The first kappa shape index (κ1) is 13.5. The summed E-state index contributed by atoms with van der Waals surface area (Å²) in [5.41, 5.74) is 3.52. The number of hydrazine groups is 1. The molecule has 1 heterocycles. The van der Waals surface area contributed by atoms with E-state index in [0.717, 1.165) is 0 Å². The Bertz CT molecular complexity index is 572. The lowest BCUT2D eigenvalue weighted by atomic mass is 10.0. The van der Waals surface area contributed by atoms with Crippen molar-refractivity contribution in [2.45, 2.75) is 6.04 Å². The van der Waals surface area contributed by atoms with Crippen LogP contribution in [-0.2, 0) is 7.05 Å².